The summed E-state index contributed by atoms with van der Waals surface area (Å²) < 4.78 is 16.6. The maximum absolute atomic E-state index is 6.02. The van der Waals surface area contributed by atoms with Crippen molar-refractivity contribution in [1.29, 1.82) is 0 Å². The molecule has 1 N–H and O–H groups in total. The Hall–Kier alpha value is -2.14. The molecule has 130 valence electrons. The Morgan fingerprint density at radius 3 is 2.68 bits per heavy atom. The number of hydrogen-bond donors (Lipinski definition) is 1. The third-order valence-corrected chi connectivity index (χ3v) is 4.07. The summed E-state index contributed by atoms with van der Waals surface area (Å²) in [5.41, 5.74) is 2.12. The molecule has 6 heteroatoms. The first kappa shape index (κ1) is 17.7. The predicted molar refractivity (Wildman–Crippen MR) is 99.5 cm³/mol. The van der Waals surface area contributed by atoms with E-state index in [9.17, 15) is 0 Å². The van der Waals surface area contributed by atoms with Crippen LogP contribution in [-0.4, -0.2) is 6.79 Å². The average Bonchev–Trinajstić information content (AvgIpc) is 3.23. The quantitative estimate of drug-likeness (QED) is 0.676. The van der Waals surface area contributed by atoms with Crippen molar-refractivity contribution >= 4 is 24.0 Å². The lowest BCUT2D eigenvalue weighted by molar-refractivity contribution is 0.174. The first-order chi connectivity index (χ1) is 11.8. The van der Waals surface area contributed by atoms with Gasteiger partial charge in [0.1, 0.15) is 11.5 Å². The third kappa shape index (κ3) is 4.10. The van der Waals surface area contributed by atoms with Gasteiger partial charge >= 0.3 is 0 Å². The number of hydrogen-bond acceptors (Lipinski definition) is 4. The van der Waals surface area contributed by atoms with Gasteiger partial charge in [-0.3, -0.25) is 0 Å². The zero-order chi connectivity index (χ0) is 16.4. The summed E-state index contributed by atoms with van der Waals surface area (Å²) in [6, 6.07) is 17.5. The highest BCUT2D eigenvalue weighted by molar-refractivity contribution is 6.30. The van der Waals surface area contributed by atoms with Crippen molar-refractivity contribution in [3.63, 3.8) is 0 Å². The fourth-order valence-electron chi connectivity index (χ4n) is 2.65. The van der Waals surface area contributed by atoms with Gasteiger partial charge < -0.3 is 19.2 Å². The Morgan fingerprint density at radius 2 is 1.80 bits per heavy atom. The topological polar surface area (TPSA) is 43.6 Å². The molecule has 1 aliphatic heterocycles. The Kier molecular flexibility index (Phi) is 5.53. The van der Waals surface area contributed by atoms with E-state index in [-0.39, 0.29) is 12.4 Å². The van der Waals surface area contributed by atoms with Gasteiger partial charge in [0, 0.05) is 17.1 Å². The molecule has 3 aromatic rings. The van der Waals surface area contributed by atoms with E-state index in [0.29, 0.717) is 18.4 Å². The molecular weight excluding hydrogens is 361 g/mol. The molecule has 0 fully saturated rings. The molecule has 0 spiro atoms. The normalized spacial score (nSPS) is 12.0. The molecule has 0 saturated heterocycles. The Morgan fingerprint density at radius 1 is 0.920 bits per heavy atom. The fourth-order valence-corrected chi connectivity index (χ4v) is 2.84. The average molecular weight is 378 g/mol. The van der Waals surface area contributed by atoms with Gasteiger partial charge in [-0.2, -0.15) is 0 Å². The Bertz CT molecular complexity index is 863. The summed E-state index contributed by atoms with van der Waals surface area (Å²) in [4.78, 5) is 0. The number of fused-ring (bicyclic) bond motifs is 1. The molecule has 0 radical (unpaired) electrons. The zero-order valence-electron chi connectivity index (χ0n) is 13.3. The van der Waals surface area contributed by atoms with Crippen molar-refractivity contribution in [3.8, 4) is 22.8 Å². The van der Waals surface area contributed by atoms with Gasteiger partial charge in [0.05, 0.1) is 6.54 Å². The van der Waals surface area contributed by atoms with Gasteiger partial charge in [-0.1, -0.05) is 29.8 Å². The van der Waals surface area contributed by atoms with Crippen LogP contribution in [0.5, 0.6) is 11.5 Å². The van der Waals surface area contributed by atoms with Crippen LogP contribution in [0.3, 0.4) is 0 Å². The Labute approximate surface area is 157 Å². The lowest BCUT2D eigenvalue weighted by Crippen LogP contribution is -2.11. The van der Waals surface area contributed by atoms with Crippen LogP contribution >= 0.6 is 24.0 Å². The zero-order valence-corrected chi connectivity index (χ0v) is 14.9. The molecule has 0 aliphatic carbocycles. The summed E-state index contributed by atoms with van der Waals surface area (Å²) in [5, 5.41) is 4.07. The minimum atomic E-state index is 0. The molecule has 0 saturated carbocycles. The molecule has 2 aromatic carbocycles. The molecular formula is C19H17Cl2NO3. The van der Waals surface area contributed by atoms with Crippen LogP contribution in [0.2, 0.25) is 5.02 Å². The van der Waals surface area contributed by atoms with E-state index < -0.39 is 0 Å². The summed E-state index contributed by atoms with van der Waals surface area (Å²) in [6.07, 6.45) is 0. The molecule has 0 amide bonds. The van der Waals surface area contributed by atoms with E-state index in [1.54, 1.807) is 0 Å². The van der Waals surface area contributed by atoms with Crippen LogP contribution in [0.1, 0.15) is 11.3 Å². The summed E-state index contributed by atoms with van der Waals surface area (Å²) in [5.74, 6) is 3.30. The van der Waals surface area contributed by atoms with Gasteiger partial charge in [-0.25, -0.2) is 0 Å². The SMILES string of the molecule is Cl.Clc1cccc(-c2ccc(CNCc3ccc4c(c3)OCO4)o2)c1. The van der Waals surface area contributed by atoms with Crippen LogP contribution in [0.15, 0.2) is 59.0 Å². The molecule has 0 bridgehead atoms. The molecule has 4 rings (SSSR count). The summed E-state index contributed by atoms with van der Waals surface area (Å²) in [7, 11) is 0. The van der Waals surface area contributed by atoms with Crippen molar-refractivity contribution in [1.82, 2.24) is 5.32 Å². The van der Waals surface area contributed by atoms with E-state index in [4.69, 9.17) is 25.5 Å². The fraction of sp³-hybridized carbons (Fsp3) is 0.158. The highest BCUT2D eigenvalue weighted by Gasteiger charge is 2.13. The number of halogens is 2. The molecule has 0 unspecified atom stereocenters. The number of ether oxygens (including phenoxy) is 2. The van der Waals surface area contributed by atoms with Crippen LogP contribution in [0.4, 0.5) is 0 Å². The second kappa shape index (κ2) is 7.83. The predicted octanol–water partition coefficient (Wildman–Crippen LogP) is 5.04. The van der Waals surface area contributed by atoms with E-state index in [1.807, 2.05) is 54.6 Å². The highest BCUT2D eigenvalue weighted by atomic mass is 35.5. The van der Waals surface area contributed by atoms with Crippen LogP contribution in [0.25, 0.3) is 11.3 Å². The first-order valence-corrected chi connectivity index (χ1v) is 8.10. The lowest BCUT2D eigenvalue weighted by atomic mass is 10.2. The molecule has 4 nitrogen and oxygen atoms in total. The number of furan rings is 1. The second-order valence-electron chi connectivity index (χ2n) is 5.57. The standard InChI is InChI=1S/C19H16ClNO3.ClH/c20-15-3-1-2-14(9-15)17-7-5-16(24-17)11-21-10-13-4-6-18-19(8-13)23-12-22-18;/h1-9,21H,10-12H2;1H. The largest absolute Gasteiger partial charge is 0.460 e. The molecule has 2 heterocycles. The van der Waals surface area contributed by atoms with Crippen molar-refractivity contribution in [2.24, 2.45) is 0 Å². The minimum Gasteiger partial charge on any atom is -0.460 e. The molecule has 25 heavy (non-hydrogen) atoms. The third-order valence-electron chi connectivity index (χ3n) is 3.84. The van der Waals surface area contributed by atoms with Crippen molar-refractivity contribution < 1.29 is 13.9 Å². The molecule has 0 atom stereocenters. The van der Waals surface area contributed by atoms with E-state index in [0.717, 1.165) is 40.7 Å². The lowest BCUT2D eigenvalue weighted by Gasteiger charge is -2.04. The number of benzene rings is 2. The second-order valence-corrected chi connectivity index (χ2v) is 6.00. The van der Waals surface area contributed by atoms with E-state index >= 15 is 0 Å². The van der Waals surface area contributed by atoms with Crippen molar-refractivity contribution in [2.75, 3.05) is 6.79 Å². The maximum atomic E-state index is 6.02. The van der Waals surface area contributed by atoms with Crippen LogP contribution in [0, 0.1) is 0 Å². The maximum Gasteiger partial charge on any atom is 0.231 e. The van der Waals surface area contributed by atoms with Crippen LogP contribution < -0.4 is 14.8 Å². The molecule has 1 aromatic heterocycles. The summed E-state index contributed by atoms with van der Waals surface area (Å²) in [6.45, 7) is 1.67. The smallest absolute Gasteiger partial charge is 0.231 e. The van der Waals surface area contributed by atoms with E-state index in [1.165, 1.54) is 0 Å². The minimum absolute atomic E-state index is 0. The van der Waals surface area contributed by atoms with Gasteiger partial charge in [0.15, 0.2) is 11.5 Å². The highest BCUT2D eigenvalue weighted by Crippen LogP contribution is 2.32. The Balaban J connectivity index is 0.00000182. The number of rotatable bonds is 5. The summed E-state index contributed by atoms with van der Waals surface area (Å²) >= 11 is 6.02. The van der Waals surface area contributed by atoms with Crippen molar-refractivity contribution in [3.05, 3.63) is 70.9 Å². The van der Waals surface area contributed by atoms with Crippen LogP contribution in [-0.2, 0) is 13.1 Å². The first-order valence-electron chi connectivity index (χ1n) is 7.72. The van der Waals surface area contributed by atoms with Crippen molar-refractivity contribution in [2.45, 2.75) is 13.1 Å². The van der Waals surface area contributed by atoms with Gasteiger partial charge in [0.2, 0.25) is 6.79 Å². The van der Waals surface area contributed by atoms with E-state index in [2.05, 4.69) is 5.32 Å². The monoisotopic (exact) mass is 377 g/mol. The van der Waals surface area contributed by atoms with Gasteiger partial charge in [0.25, 0.3) is 0 Å². The van der Waals surface area contributed by atoms with Gasteiger partial charge in [-0.15, -0.1) is 12.4 Å². The number of nitrogens with one attached hydrogen (secondary N) is 1. The van der Waals surface area contributed by atoms with Gasteiger partial charge in [-0.05, 0) is 42.0 Å². The molecule has 1 aliphatic rings.